The number of hydrogen-bond donors (Lipinski definition) is 0. The molecule has 1 heterocycles. The van der Waals surface area contributed by atoms with Crippen LogP contribution >= 0.6 is 0 Å². The van der Waals surface area contributed by atoms with E-state index < -0.39 is 0 Å². The van der Waals surface area contributed by atoms with Crippen LogP contribution in [0.2, 0.25) is 0 Å². The Morgan fingerprint density at radius 3 is 2.83 bits per heavy atom. The maximum absolute atomic E-state index is 11.8. The molecule has 6 unspecified atom stereocenters. The molecule has 0 spiro atoms. The molecule has 2 fully saturated rings. The Balaban J connectivity index is 1.87. The second kappa shape index (κ2) is 3.97. The van der Waals surface area contributed by atoms with Crippen molar-refractivity contribution in [1.82, 2.24) is 0 Å². The van der Waals surface area contributed by atoms with Gasteiger partial charge in [0.05, 0.1) is 5.92 Å². The SMILES string of the molecule is CC=CC(=O)OC1C2C=CC3C1OC(=O)C3C2C. The minimum atomic E-state index is -0.366. The van der Waals surface area contributed by atoms with Crippen molar-refractivity contribution in [3.05, 3.63) is 24.3 Å². The Morgan fingerprint density at radius 2 is 2.11 bits per heavy atom. The van der Waals surface area contributed by atoms with E-state index in [4.69, 9.17) is 9.47 Å². The van der Waals surface area contributed by atoms with E-state index in [0.29, 0.717) is 0 Å². The van der Waals surface area contributed by atoms with Crippen molar-refractivity contribution in [2.75, 3.05) is 0 Å². The average molecular weight is 248 g/mol. The predicted octanol–water partition coefficient (Wildman–Crippen LogP) is 1.47. The highest BCUT2D eigenvalue weighted by molar-refractivity contribution is 5.82. The van der Waals surface area contributed by atoms with Crippen LogP contribution in [-0.4, -0.2) is 24.1 Å². The maximum Gasteiger partial charge on any atom is 0.330 e. The zero-order valence-corrected chi connectivity index (χ0v) is 10.4. The topological polar surface area (TPSA) is 52.6 Å². The van der Waals surface area contributed by atoms with Crippen LogP contribution in [0.25, 0.3) is 0 Å². The van der Waals surface area contributed by atoms with Crippen molar-refractivity contribution >= 4 is 11.9 Å². The molecule has 0 amide bonds. The zero-order chi connectivity index (χ0) is 12.9. The van der Waals surface area contributed by atoms with Gasteiger partial charge >= 0.3 is 11.9 Å². The van der Waals surface area contributed by atoms with E-state index in [2.05, 4.69) is 6.08 Å². The largest absolute Gasteiger partial charge is 0.457 e. The molecule has 0 aromatic heterocycles. The van der Waals surface area contributed by atoms with Gasteiger partial charge in [-0.2, -0.15) is 0 Å². The molecule has 4 bridgehead atoms. The third-order valence-electron chi connectivity index (χ3n) is 4.31. The summed E-state index contributed by atoms with van der Waals surface area (Å²) in [4.78, 5) is 23.4. The Labute approximate surface area is 106 Å². The van der Waals surface area contributed by atoms with Gasteiger partial charge in [-0.1, -0.05) is 25.2 Å². The number of carbonyl (C=O) groups excluding carboxylic acids is 2. The highest BCUT2D eigenvalue weighted by Gasteiger charge is 2.60. The Hall–Kier alpha value is -1.58. The van der Waals surface area contributed by atoms with Gasteiger partial charge in [0.1, 0.15) is 12.2 Å². The van der Waals surface area contributed by atoms with Gasteiger partial charge < -0.3 is 9.47 Å². The summed E-state index contributed by atoms with van der Waals surface area (Å²) in [6.45, 7) is 3.80. The van der Waals surface area contributed by atoms with Gasteiger partial charge in [-0.3, -0.25) is 4.79 Å². The van der Waals surface area contributed by atoms with Crippen LogP contribution < -0.4 is 0 Å². The molecule has 0 aromatic rings. The van der Waals surface area contributed by atoms with Gasteiger partial charge in [-0.05, 0) is 12.8 Å². The number of carbonyl (C=O) groups is 2. The molecule has 18 heavy (non-hydrogen) atoms. The second-order valence-corrected chi connectivity index (χ2v) is 5.23. The summed E-state index contributed by atoms with van der Waals surface area (Å²) in [7, 11) is 0. The first-order valence-electron chi connectivity index (χ1n) is 6.35. The normalized spacial score (nSPS) is 44.4. The van der Waals surface area contributed by atoms with Crippen LogP contribution in [0.5, 0.6) is 0 Å². The lowest BCUT2D eigenvalue weighted by Gasteiger charge is -2.43. The molecule has 1 saturated heterocycles. The second-order valence-electron chi connectivity index (χ2n) is 5.23. The third-order valence-corrected chi connectivity index (χ3v) is 4.31. The van der Waals surface area contributed by atoms with Gasteiger partial charge in [0.15, 0.2) is 0 Å². The third kappa shape index (κ3) is 1.44. The molecule has 4 nitrogen and oxygen atoms in total. The van der Waals surface area contributed by atoms with Crippen molar-refractivity contribution in [2.45, 2.75) is 26.1 Å². The van der Waals surface area contributed by atoms with Crippen LogP contribution in [0, 0.1) is 23.7 Å². The van der Waals surface area contributed by atoms with Crippen molar-refractivity contribution in [1.29, 1.82) is 0 Å². The number of ether oxygens (including phenoxy) is 2. The van der Waals surface area contributed by atoms with E-state index >= 15 is 0 Å². The Morgan fingerprint density at radius 1 is 1.39 bits per heavy atom. The molecule has 0 aromatic carbocycles. The van der Waals surface area contributed by atoms with E-state index in [9.17, 15) is 9.59 Å². The summed E-state index contributed by atoms with van der Waals surface area (Å²) in [5, 5.41) is 0. The fourth-order valence-electron chi connectivity index (χ4n) is 3.49. The molecule has 0 N–H and O–H groups in total. The maximum atomic E-state index is 11.8. The first-order valence-corrected chi connectivity index (χ1v) is 6.35. The molecule has 1 aliphatic heterocycles. The summed E-state index contributed by atoms with van der Waals surface area (Å²) >= 11 is 0. The van der Waals surface area contributed by atoms with Crippen LogP contribution in [0.15, 0.2) is 24.3 Å². The van der Waals surface area contributed by atoms with E-state index in [1.165, 1.54) is 6.08 Å². The molecule has 3 aliphatic carbocycles. The Kier molecular flexibility index (Phi) is 2.54. The highest BCUT2D eigenvalue weighted by Crippen LogP contribution is 2.51. The van der Waals surface area contributed by atoms with Gasteiger partial charge in [-0.25, -0.2) is 4.79 Å². The number of rotatable bonds is 2. The minimum absolute atomic E-state index is 0.0540. The molecule has 0 radical (unpaired) electrons. The van der Waals surface area contributed by atoms with Crippen molar-refractivity contribution in [3.8, 4) is 0 Å². The lowest BCUT2D eigenvalue weighted by Crippen LogP contribution is -2.51. The lowest BCUT2D eigenvalue weighted by molar-refractivity contribution is -0.162. The fourth-order valence-corrected chi connectivity index (χ4v) is 3.49. The van der Waals surface area contributed by atoms with Crippen LogP contribution in [-0.2, 0) is 19.1 Å². The molecule has 1 saturated carbocycles. The summed E-state index contributed by atoms with van der Waals surface area (Å²) in [6.07, 6.45) is 6.53. The standard InChI is InChI=1S/C14H16O4/c1-3-4-10(15)17-12-8-5-6-9-11(7(8)2)14(16)18-13(9)12/h3-9,11-13H,1-2H3. The summed E-state index contributed by atoms with van der Waals surface area (Å²) in [6, 6.07) is 0. The predicted molar refractivity (Wildman–Crippen MR) is 63.3 cm³/mol. The summed E-state index contributed by atoms with van der Waals surface area (Å²) in [5.74, 6) is -0.227. The summed E-state index contributed by atoms with van der Waals surface area (Å²) < 4.78 is 10.9. The van der Waals surface area contributed by atoms with E-state index in [1.807, 2.05) is 13.0 Å². The minimum Gasteiger partial charge on any atom is -0.457 e. The molecule has 96 valence electrons. The van der Waals surface area contributed by atoms with Crippen molar-refractivity contribution < 1.29 is 19.1 Å². The van der Waals surface area contributed by atoms with Crippen molar-refractivity contribution in [3.63, 3.8) is 0 Å². The van der Waals surface area contributed by atoms with Crippen molar-refractivity contribution in [2.24, 2.45) is 23.7 Å². The number of hydrogen-bond acceptors (Lipinski definition) is 4. The quantitative estimate of drug-likeness (QED) is 0.422. The smallest absolute Gasteiger partial charge is 0.330 e. The Bertz CT molecular complexity index is 451. The van der Waals surface area contributed by atoms with Crippen LogP contribution in [0.3, 0.4) is 0 Å². The molecule has 6 atom stereocenters. The van der Waals surface area contributed by atoms with E-state index in [-0.39, 0.29) is 47.8 Å². The first-order chi connectivity index (χ1) is 8.63. The van der Waals surface area contributed by atoms with Crippen LogP contribution in [0.1, 0.15) is 13.8 Å². The molecular formula is C14H16O4. The fraction of sp³-hybridized carbons (Fsp3) is 0.571. The molecule has 4 heteroatoms. The van der Waals surface area contributed by atoms with Gasteiger partial charge in [0.2, 0.25) is 0 Å². The number of allylic oxidation sites excluding steroid dienone is 1. The van der Waals surface area contributed by atoms with Gasteiger partial charge in [0, 0.05) is 17.9 Å². The van der Waals surface area contributed by atoms with E-state index in [0.717, 1.165) is 0 Å². The van der Waals surface area contributed by atoms with Gasteiger partial charge in [0.25, 0.3) is 0 Å². The average Bonchev–Trinajstić information content (AvgIpc) is 2.63. The molecular weight excluding hydrogens is 232 g/mol. The van der Waals surface area contributed by atoms with E-state index in [1.54, 1.807) is 13.0 Å². The highest BCUT2D eigenvalue weighted by atomic mass is 16.6. The zero-order valence-electron chi connectivity index (χ0n) is 10.4. The monoisotopic (exact) mass is 248 g/mol. The molecule has 4 rings (SSSR count). The lowest BCUT2D eigenvalue weighted by atomic mass is 9.62. The molecule has 4 aliphatic rings. The van der Waals surface area contributed by atoms with Gasteiger partial charge in [-0.15, -0.1) is 0 Å². The van der Waals surface area contributed by atoms with Crippen LogP contribution in [0.4, 0.5) is 0 Å². The first kappa shape index (κ1) is 11.5. The summed E-state index contributed by atoms with van der Waals surface area (Å²) in [5.41, 5.74) is 0. The number of esters is 2.